The molecule has 102 heavy (non-hydrogen) atoms. The van der Waals surface area contributed by atoms with Crippen molar-refractivity contribution in [1.82, 2.24) is 49.5 Å². The van der Waals surface area contributed by atoms with Crippen molar-refractivity contribution in [1.29, 1.82) is 0 Å². The van der Waals surface area contributed by atoms with Gasteiger partial charge >= 0.3 is 24.4 Å². The highest BCUT2D eigenvalue weighted by molar-refractivity contribution is 6.37. The number of nitrogens with zero attached hydrogens (tertiary/aromatic N) is 12. The van der Waals surface area contributed by atoms with E-state index in [-0.39, 0.29) is 143 Å². The summed E-state index contributed by atoms with van der Waals surface area (Å²) >= 11 is 13.8. The molecule has 4 aromatic heterocycles. The largest absolute Gasteiger partial charge is 0.489 e. The summed E-state index contributed by atoms with van der Waals surface area (Å²) in [5.41, 5.74) is 4.28. The SMILES string of the molecule is CCC[C@@H]1CN2c3nc(OC[C@@]45CCCN4C[C@H](F)C5)nc4c(F)c(-c5nc(N)cc(C)c5C(F)(F)F)c(Cl)c(c34)OC[C@@H]2CCN1CCCF.CCC[C@@H]1CN2c3nc(OC[C@@]45CCCN4C[C@H](F)C5)nc4c(F)c(-c5nc(N)cc(C)c5C(F)(F)F)c(Cl)c(c34)OC[C@@H]2CCN1CCCF. The molecular formula is C70H84Cl2F12N14O4. The molecule has 0 spiro atoms. The zero-order valence-electron chi connectivity index (χ0n) is 57.3. The zero-order valence-corrected chi connectivity index (χ0v) is 58.8. The molecule has 18 nitrogen and oxygen atoms in total. The van der Waals surface area contributed by atoms with Crippen LogP contribution in [0.4, 0.5) is 76.0 Å². The maximum absolute atomic E-state index is 17.1. The molecule has 0 amide bonds. The molecule has 6 aromatic rings. The number of rotatable bonds is 18. The molecule has 8 aliphatic rings. The molecule has 14 rings (SSSR count). The fraction of sp³-hybridized carbons (Fsp3) is 0.629. The first-order valence-corrected chi connectivity index (χ1v) is 36.0. The van der Waals surface area contributed by atoms with Crippen molar-refractivity contribution in [3.8, 4) is 46.0 Å². The highest BCUT2D eigenvalue weighted by Gasteiger charge is 2.52. The van der Waals surface area contributed by atoms with E-state index in [2.05, 4.69) is 53.4 Å². The lowest BCUT2D eigenvalue weighted by Gasteiger charge is -2.34. The third kappa shape index (κ3) is 13.9. The van der Waals surface area contributed by atoms with Crippen LogP contribution in [-0.4, -0.2) is 202 Å². The Balaban J connectivity index is 0.000000182. The topological polar surface area (TPSA) is 186 Å². The Kier molecular flexibility index (Phi) is 21.2. The number of benzene rings is 2. The van der Waals surface area contributed by atoms with Crippen molar-refractivity contribution in [2.75, 3.05) is 126 Å². The van der Waals surface area contributed by atoms with Gasteiger partial charge in [0.05, 0.1) is 91.0 Å². The van der Waals surface area contributed by atoms with Gasteiger partial charge in [0.2, 0.25) is 0 Å². The number of ether oxygens (including phenoxy) is 4. The first-order valence-electron chi connectivity index (χ1n) is 35.3. The Bertz CT molecular complexity index is 3860. The maximum Gasteiger partial charge on any atom is 0.418 e. The molecule has 0 aliphatic carbocycles. The number of pyridine rings is 2. The number of aryl methyl sites for hydroxylation is 2. The van der Waals surface area contributed by atoms with Gasteiger partial charge in [-0.05, 0) is 114 Å². The number of nitrogens with two attached hydrogens (primary N) is 2. The highest BCUT2D eigenvalue weighted by atomic mass is 35.5. The van der Waals surface area contributed by atoms with Gasteiger partial charge in [-0.15, -0.1) is 0 Å². The fourth-order valence-corrected chi connectivity index (χ4v) is 18.0. The molecule has 0 bridgehead atoms. The van der Waals surface area contributed by atoms with Crippen LogP contribution >= 0.6 is 23.2 Å². The minimum absolute atomic E-state index is 0.00167. The van der Waals surface area contributed by atoms with E-state index < -0.39 is 104 Å². The minimum atomic E-state index is -4.92. The number of hydrogen-bond donors (Lipinski definition) is 2. The summed E-state index contributed by atoms with van der Waals surface area (Å²) in [6, 6.07) is 1.14. The quantitative estimate of drug-likeness (QED) is 0.0773. The summed E-state index contributed by atoms with van der Waals surface area (Å²) in [5, 5.41) is -0.616. The highest BCUT2D eigenvalue weighted by Crippen LogP contribution is 2.54. The Hall–Kier alpha value is -6.60. The van der Waals surface area contributed by atoms with Crippen LogP contribution < -0.4 is 40.2 Å². The first kappa shape index (κ1) is 73.7. The van der Waals surface area contributed by atoms with E-state index in [4.69, 9.17) is 63.6 Å². The van der Waals surface area contributed by atoms with Crippen molar-refractivity contribution in [2.24, 2.45) is 0 Å². The second-order valence-corrected chi connectivity index (χ2v) is 29.3. The van der Waals surface area contributed by atoms with E-state index in [0.717, 1.165) is 63.7 Å². The molecule has 8 aliphatic heterocycles. The van der Waals surface area contributed by atoms with Gasteiger partial charge in [-0.1, -0.05) is 49.9 Å². The van der Waals surface area contributed by atoms with Crippen molar-refractivity contribution in [3.05, 3.63) is 56.1 Å². The van der Waals surface area contributed by atoms with Crippen molar-refractivity contribution in [2.45, 2.75) is 178 Å². The average molecular weight is 1480 g/mol. The molecule has 556 valence electrons. The monoisotopic (exact) mass is 1480 g/mol. The lowest BCUT2D eigenvalue weighted by atomic mass is 9.95. The lowest BCUT2D eigenvalue weighted by molar-refractivity contribution is -0.138. The zero-order chi connectivity index (χ0) is 72.5. The van der Waals surface area contributed by atoms with Crippen LogP contribution in [0.25, 0.3) is 44.3 Å². The summed E-state index contributed by atoms with van der Waals surface area (Å²) in [6.07, 6.45) is -2.86. The van der Waals surface area contributed by atoms with Crippen molar-refractivity contribution < 1.29 is 71.6 Å². The average Bonchev–Trinajstić information content (AvgIpc) is 1.12. The van der Waals surface area contributed by atoms with Gasteiger partial charge in [-0.3, -0.25) is 28.4 Å². The van der Waals surface area contributed by atoms with E-state index in [1.54, 1.807) is 0 Å². The van der Waals surface area contributed by atoms with Gasteiger partial charge in [0.1, 0.15) is 73.1 Å². The summed E-state index contributed by atoms with van der Waals surface area (Å²) in [5.74, 6) is -2.40. The second kappa shape index (κ2) is 29.4. The molecule has 12 heterocycles. The Labute approximate surface area is 593 Å². The maximum atomic E-state index is 17.1. The first-order chi connectivity index (χ1) is 48.7. The van der Waals surface area contributed by atoms with Gasteiger partial charge in [0.25, 0.3) is 0 Å². The lowest BCUT2D eigenvalue weighted by Crippen LogP contribution is -2.45. The van der Waals surface area contributed by atoms with Gasteiger partial charge in [-0.25, -0.2) is 27.5 Å². The number of halogens is 14. The van der Waals surface area contributed by atoms with Gasteiger partial charge < -0.3 is 40.2 Å². The molecule has 0 unspecified atom stereocenters. The molecular weight excluding hydrogens is 1400 g/mol. The van der Waals surface area contributed by atoms with Crippen LogP contribution in [0.3, 0.4) is 0 Å². The van der Waals surface area contributed by atoms with Crippen LogP contribution in [0, 0.1) is 25.5 Å². The third-order valence-electron chi connectivity index (χ3n) is 21.9. The second-order valence-electron chi connectivity index (χ2n) is 28.5. The number of nitrogen functional groups attached to an aromatic ring is 2. The number of hydrogen-bond acceptors (Lipinski definition) is 18. The normalized spacial score (nSPS) is 25.4. The Morgan fingerprint density at radius 2 is 0.990 bits per heavy atom. The molecule has 2 aromatic carbocycles. The number of fused-ring (bicyclic) bond motifs is 6. The molecule has 0 radical (unpaired) electrons. The van der Waals surface area contributed by atoms with Crippen LogP contribution in [0.1, 0.15) is 126 Å². The Morgan fingerprint density at radius 3 is 1.36 bits per heavy atom. The fourth-order valence-electron chi connectivity index (χ4n) is 17.3. The van der Waals surface area contributed by atoms with Crippen LogP contribution in [-0.2, 0) is 12.4 Å². The van der Waals surface area contributed by atoms with Crippen LogP contribution in [0.2, 0.25) is 10.0 Å². The summed E-state index contributed by atoms with van der Waals surface area (Å²) < 4.78 is 202. The molecule has 0 saturated carbocycles. The minimum Gasteiger partial charge on any atom is -0.489 e. The van der Waals surface area contributed by atoms with E-state index in [1.165, 1.54) is 13.8 Å². The summed E-state index contributed by atoms with van der Waals surface area (Å²) in [7, 11) is 0. The van der Waals surface area contributed by atoms with E-state index >= 15 is 8.78 Å². The third-order valence-corrected chi connectivity index (χ3v) is 22.6. The standard InChI is InChI=1S/2C35H42ClF6N7O2/c2*1-3-6-21-16-49-22(7-12-47(21)10-5-9-37)17-50-31-25-30(28(39)24(27(31)36)29-26(35(40,41)42)19(2)13-23(43)44-29)45-33(46-32(25)49)51-18-34-8-4-11-48(34)15-20(38)14-34/h2*13,20-22H,3-12,14-18H2,1-2H3,(H2,43,44)/t2*20-,21-,22+,34+/m11/s1. The van der Waals surface area contributed by atoms with Gasteiger partial charge in [0.15, 0.2) is 23.1 Å². The molecule has 6 saturated heterocycles. The number of alkyl halides is 10. The molecule has 8 atom stereocenters. The van der Waals surface area contributed by atoms with Gasteiger partial charge in [0, 0.05) is 77.3 Å². The molecule has 6 fully saturated rings. The van der Waals surface area contributed by atoms with Crippen LogP contribution in [0.5, 0.6) is 23.5 Å². The van der Waals surface area contributed by atoms with Crippen molar-refractivity contribution >= 4 is 68.3 Å². The summed E-state index contributed by atoms with van der Waals surface area (Å²) in [4.78, 5) is 39.2. The van der Waals surface area contributed by atoms with Gasteiger partial charge in [-0.2, -0.15) is 46.3 Å². The Morgan fingerprint density at radius 1 is 0.588 bits per heavy atom. The smallest absolute Gasteiger partial charge is 0.418 e. The van der Waals surface area contributed by atoms with E-state index in [1.807, 2.05) is 9.80 Å². The predicted molar refractivity (Wildman–Crippen MR) is 365 cm³/mol. The molecule has 32 heteroatoms. The number of aromatic nitrogens is 6. The molecule has 4 N–H and O–H groups in total. The van der Waals surface area contributed by atoms with Crippen LogP contribution in [0.15, 0.2) is 12.1 Å². The number of anilines is 4. The predicted octanol–water partition coefficient (Wildman–Crippen LogP) is 14.3. The van der Waals surface area contributed by atoms with E-state index in [9.17, 15) is 43.9 Å². The van der Waals surface area contributed by atoms with E-state index in [0.29, 0.717) is 90.9 Å². The summed E-state index contributed by atoms with van der Waals surface area (Å²) in [6.45, 7) is 11.3. The van der Waals surface area contributed by atoms with Crippen molar-refractivity contribution in [3.63, 3.8) is 0 Å².